The Bertz CT molecular complexity index is 725. The third-order valence-corrected chi connectivity index (χ3v) is 4.78. The molecule has 26 heavy (non-hydrogen) atoms. The molecule has 1 N–H and O–H groups in total. The van der Waals surface area contributed by atoms with Crippen LogP contribution < -0.4 is 4.74 Å². The van der Waals surface area contributed by atoms with Crippen LogP contribution in [-0.2, 0) is 24.2 Å². The van der Waals surface area contributed by atoms with Crippen molar-refractivity contribution in [2.75, 3.05) is 13.6 Å². The number of nitrogens with zero attached hydrogens (tertiary/aromatic N) is 1. The monoisotopic (exact) mass is 355 g/mol. The molecule has 0 saturated heterocycles. The number of hydrogen-bond donors (Lipinski definition) is 1. The molecular weight excluding hydrogens is 326 g/mol. The molecular formula is C22H29NO3. The average Bonchev–Trinajstić information content (AvgIpc) is 2.60. The van der Waals surface area contributed by atoms with Crippen LogP contribution in [-0.4, -0.2) is 35.6 Å². The first kappa shape index (κ1) is 20.0. The second-order valence-corrected chi connectivity index (χ2v) is 6.91. The smallest absolute Gasteiger partial charge is 0.317 e. The Morgan fingerprint density at radius 3 is 2.38 bits per heavy atom. The van der Waals surface area contributed by atoms with Crippen LogP contribution in [0.4, 0.5) is 0 Å². The zero-order valence-corrected chi connectivity index (χ0v) is 16.2. The lowest BCUT2D eigenvalue weighted by Crippen LogP contribution is -2.35. The van der Waals surface area contributed by atoms with Gasteiger partial charge in [-0.1, -0.05) is 37.3 Å². The molecule has 4 nitrogen and oxygen atoms in total. The van der Waals surface area contributed by atoms with E-state index in [1.807, 2.05) is 43.1 Å². The van der Waals surface area contributed by atoms with E-state index in [-0.39, 0.29) is 12.6 Å². The van der Waals surface area contributed by atoms with Gasteiger partial charge in [0.1, 0.15) is 12.4 Å². The first-order valence-electron chi connectivity index (χ1n) is 9.11. The van der Waals surface area contributed by atoms with Crippen LogP contribution in [0.15, 0.2) is 42.5 Å². The molecule has 0 radical (unpaired) electrons. The number of ether oxygens (including phenoxy) is 1. The molecule has 0 heterocycles. The van der Waals surface area contributed by atoms with Crippen molar-refractivity contribution < 1.29 is 14.6 Å². The van der Waals surface area contributed by atoms with Gasteiger partial charge in [0.25, 0.3) is 0 Å². The van der Waals surface area contributed by atoms with Crippen molar-refractivity contribution in [2.24, 2.45) is 0 Å². The number of carbonyl (C=O) groups is 1. The van der Waals surface area contributed by atoms with E-state index in [4.69, 9.17) is 9.84 Å². The van der Waals surface area contributed by atoms with Gasteiger partial charge in [0, 0.05) is 6.04 Å². The summed E-state index contributed by atoms with van der Waals surface area (Å²) < 4.78 is 5.89. The van der Waals surface area contributed by atoms with E-state index in [9.17, 15) is 4.79 Å². The standard InChI is InChI=1S/C22H29NO3/c1-5-20-9-6-19(12-16(20)2)15-26-21-10-7-18(8-11-21)13-17(3)23(4)14-22(24)25/h6-12,17H,5,13-15H2,1-4H3,(H,24,25)/t17-/m1/s1. The minimum atomic E-state index is -0.801. The van der Waals surface area contributed by atoms with E-state index in [0.717, 1.165) is 18.6 Å². The van der Waals surface area contributed by atoms with Gasteiger partial charge in [-0.3, -0.25) is 9.69 Å². The number of carboxylic acid groups (broad SMARTS) is 1. The summed E-state index contributed by atoms with van der Waals surface area (Å²) >= 11 is 0. The first-order chi connectivity index (χ1) is 12.4. The summed E-state index contributed by atoms with van der Waals surface area (Å²) in [6, 6.07) is 14.7. The first-order valence-corrected chi connectivity index (χ1v) is 9.11. The summed E-state index contributed by atoms with van der Waals surface area (Å²) in [4.78, 5) is 12.6. The molecule has 2 rings (SSSR count). The topological polar surface area (TPSA) is 49.8 Å². The van der Waals surface area contributed by atoms with Gasteiger partial charge in [0.2, 0.25) is 0 Å². The number of rotatable bonds is 9. The van der Waals surface area contributed by atoms with Gasteiger partial charge in [-0.2, -0.15) is 0 Å². The van der Waals surface area contributed by atoms with Crippen LogP contribution in [0.1, 0.15) is 36.1 Å². The number of aryl methyl sites for hydroxylation is 2. The van der Waals surface area contributed by atoms with Crippen molar-refractivity contribution in [3.63, 3.8) is 0 Å². The Morgan fingerprint density at radius 2 is 1.81 bits per heavy atom. The van der Waals surface area contributed by atoms with Crippen molar-refractivity contribution in [2.45, 2.75) is 46.3 Å². The highest BCUT2D eigenvalue weighted by molar-refractivity contribution is 5.69. The SMILES string of the molecule is CCc1ccc(COc2ccc(C[C@@H](C)N(C)CC(=O)O)cc2)cc1C. The third kappa shape index (κ3) is 5.88. The van der Waals surface area contributed by atoms with E-state index >= 15 is 0 Å². The Balaban J connectivity index is 1.89. The molecule has 0 bridgehead atoms. The van der Waals surface area contributed by atoms with E-state index in [1.165, 1.54) is 22.3 Å². The molecule has 0 spiro atoms. The molecule has 0 aliphatic carbocycles. The van der Waals surface area contributed by atoms with E-state index in [1.54, 1.807) is 0 Å². The molecule has 0 aliphatic rings. The normalized spacial score (nSPS) is 12.2. The van der Waals surface area contributed by atoms with Crippen LogP contribution in [0, 0.1) is 6.92 Å². The summed E-state index contributed by atoms with van der Waals surface area (Å²) in [5.74, 6) is 0.0443. The highest BCUT2D eigenvalue weighted by Crippen LogP contribution is 2.18. The van der Waals surface area contributed by atoms with Gasteiger partial charge < -0.3 is 9.84 Å². The number of likely N-dealkylation sites (N-methyl/N-ethyl adjacent to an activating group) is 1. The number of carboxylic acids is 1. The fraction of sp³-hybridized carbons (Fsp3) is 0.409. The summed E-state index contributed by atoms with van der Waals surface area (Å²) in [5, 5.41) is 8.88. The third-order valence-electron chi connectivity index (χ3n) is 4.78. The lowest BCUT2D eigenvalue weighted by molar-refractivity contribution is -0.138. The summed E-state index contributed by atoms with van der Waals surface area (Å²) in [5.41, 5.74) is 5.03. The van der Waals surface area contributed by atoms with Gasteiger partial charge in [0.15, 0.2) is 0 Å². The maximum Gasteiger partial charge on any atom is 0.317 e. The van der Waals surface area contributed by atoms with Crippen LogP contribution in [0.25, 0.3) is 0 Å². The number of aliphatic carboxylic acids is 1. The second-order valence-electron chi connectivity index (χ2n) is 6.91. The van der Waals surface area contributed by atoms with Gasteiger partial charge >= 0.3 is 5.97 Å². The molecule has 0 unspecified atom stereocenters. The summed E-state index contributed by atoms with van der Waals surface area (Å²) in [6.07, 6.45) is 1.86. The zero-order chi connectivity index (χ0) is 19.1. The quantitative estimate of drug-likeness (QED) is 0.736. The molecule has 140 valence electrons. The van der Waals surface area contributed by atoms with Crippen molar-refractivity contribution >= 4 is 5.97 Å². The van der Waals surface area contributed by atoms with Gasteiger partial charge in [-0.05, 0) is 68.1 Å². The van der Waals surface area contributed by atoms with Crippen LogP contribution >= 0.6 is 0 Å². The predicted molar refractivity (Wildman–Crippen MR) is 105 cm³/mol. The second kappa shape index (κ2) is 9.39. The number of hydrogen-bond acceptors (Lipinski definition) is 3. The zero-order valence-electron chi connectivity index (χ0n) is 16.2. The largest absolute Gasteiger partial charge is 0.489 e. The molecule has 0 fully saturated rings. The number of benzene rings is 2. The molecule has 1 atom stereocenters. The maximum absolute atomic E-state index is 10.8. The van der Waals surface area contributed by atoms with E-state index in [2.05, 4.69) is 32.0 Å². The average molecular weight is 355 g/mol. The lowest BCUT2D eigenvalue weighted by atomic mass is 10.0. The van der Waals surface area contributed by atoms with Gasteiger partial charge in [-0.25, -0.2) is 0 Å². The van der Waals surface area contributed by atoms with Gasteiger partial charge in [-0.15, -0.1) is 0 Å². The molecule has 2 aromatic rings. The van der Waals surface area contributed by atoms with Gasteiger partial charge in [0.05, 0.1) is 6.54 Å². The molecule has 4 heteroatoms. The van der Waals surface area contributed by atoms with Crippen molar-refractivity contribution in [1.29, 1.82) is 0 Å². The van der Waals surface area contributed by atoms with Crippen molar-refractivity contribution in [3.05, 3.63) is 64.7 Å². The lowest BCUT2D eigenvalue weighted by Gasteiger charge is -2.22. The van der Waals surface area contributed by atoms with Crippen molar-refractivity contribution in [3.8, 4) is 5.75 Å². The molecule has 0 aromatic heterocycles. The van der Waals surface area contributed by atoms with Crippen molar-refractivity contribution in [1.82, 2.24) is 4.90 Å². The summed E-state index contributed by atoms with van der Waals surface area (Å²) in [6.45, 7) is 6.95. The predicted octanol–water partition coefficient (Wildman–Crippen LogP) is 4.08. The molecule has 2 aromatic carbocycles. The molecule has 0 aliphatic heterocycles. The Labute approximate surface area is 156 Å². The highest BCUT2D eigenvalue weighted by Gasteiger charge is 2.12. The van der Waals surface area contributed by atoms with Crippen LogP contribution in [0.5, 0.6) is 5.75 Å². The Hall–Kier alpha value is -2.33. The van der Waals surface area contributed by atoms with Crippen LogP contribution in [0.2, 0.25) is 0 Å². The maximum atomic E-state index is 10.8. The van der Waals surface area contributed by atoms with E-state index < -0.39 is 5.97 Å². The Morgan fingerprint density at radius 1 is 1.15 bits per heavy atom. The summed E-state index contributed by atoms with van der Waals surface area (Å²) in [7, 11) is 1.84. The minimum absolute atomic E-state index is 0.0542. The Kier molecular flexibility index (Phi) is 7.22. The van der Waals surface area contributed by atoms with E-state index in [0.29, 0.717) is 6.61 Å². The highest BCUT2D eigenvalue weighted by atomic mass is 16.5. The fourth-order valence-corrected chi connectivity index (χ4v) is 3.00. The fourth-order valence-electron chi connectivity index (χ4n) is 3.00. The van der Waals surface area contributed by atoms with Crippen LogP contribution in [0.3, 0.4) is 0 Å². The minimum Gasteiger partial charge on any atom is -0.489 e. The molecule has 0 amide bonds. The molecule has 0 saturated carbocycles.